The lowest BCUT2D eigenvalue weighted by Crippen LogP contribution is -2.46. The summed E-state index contributed by atoms with van der Waals surface area (Å²) in [5.74, 6) is 2.40. The van der Waals surface area contributed by atoms with E-state index in [9.17, 15) is 5.11 Å². The molecular weight excluding hydrogens is 212 g/mol. The second-order valence-electron chi connectivity index (χ2n) is 5.39. The van der Waals surface area contributed by atoms with Gasteiger partial charge in [-0.1, -0.05) is 13.8 Å². The van der Waals surface area contributed by atoms with Gasteiger partial charge in [-0.3, -0.25) is 0 Å². The van der Waals surface area contributed by atoms with Crippen LogP contribution in [0.3, 0.4) is 0 Å². The van der Waals surface area contributed by atoms with Gasteiger partial charge in [0.2, 0.25) is 0 Å². The summed E-state index contributed by atoms with van der Waals surface area (Å²) in [6, 6.07) is 4.39. The van der Waals surface area contributed by atoms with Gasteiger partial charge in [-0.25, -0.2) is 4.98 Å². The second kappa shape index (κ2) is 5.05. The summed E-state index contributed by atoms with van der Waals surface area (Å²) in [6.45, 7) is 8.02. The SMILES string of the molecule is CC1CC(C)C(C)N(c2cc(CO)ccn2)C1. The van der Waals surface area contributed by atoms with Gasteiger partial charge in [-0.15, -0.1) is 0 Å². The second-order valence-corrected chi connectivity index (χ2v) is 5.39. The number of aliphatic hydroxyl groups is 1. The highest BCUT2D eigenvalue weighted by atomic mass is 16.3. The van der Waals surface area contributed by atoms with Crippen molar-refractivity contribution in [2.45, 2.75) is 39.8 Å². The molecule has 0 radical (unpaired) electrons. The third-order valence-corrected chi connectivity index (χ3v) is 3.88. The predicted molar refractivity (Wildman–Crippen MR) is 69.9 cm³/mol. The van der Waals surface area contributed by atoms with Crippen molar-refractivity contribution in [2.75, 3.05) is 11.4 Å². The Morgan fingerprint density at radius 2 is 2.18 bits per heavy atom. The monoisotopic (exact) mass is 234 g/mol. The van der Waals surface area contributed by atoms with Crippen LogP contribution in [0.2, 0.25) is 0 Å². The number of rotatable bonds is 2. The van der Waals surface area contributed by atoms with Gasteiger partial charge in [0, 0.05) is 18.8 Å². The van der Waals surface area contributed by atoms with E-state index in [2.05, 4.69) is 30.7 Å². The topological polar surface area (TPSA) is 36.4 Å². The van der Waals surface area contributed by atoms with Crippen LogP contribution in [0.4, 0.5) is 5.82 Å². The molecule has 1 fully saturated rings. The average Bonchev–Trinajstić information content (AvgIpc) is 2.34. The molecule has 3 heteroatoms. The summed E-state index contributed by atoms with van der Waals surface area (Å²) < 4.78 is 0. The molecule has 1 aromatic rings. The zero-order valence-corrected chi connectivity index (χ0v) is 10.9. The van der Waals surface area contributed by atoms with Crippen LogP contribution < -0.4 is 4.90 Å². The molecular formula is C14H22N2O. The molecule has 2 heterocycles. The van der Waals surface area contributed by atoms with E-state index < -0.39 is 0 Å². The Morgan fingerprint density at radius 3 is 2.88 bits per heavy atom. The lowest BCUT2D eigenvalue weighted by atomic mass is 9.86. The molecule has 1 aliphatic rings. The lowest BCUT2D eigenvalue weighted by Gasteiger charge is -2.42. The Bertz CT molecular complexity index is 380. The Labute approximate surface area is 103 Å². The van der Waals surface area contributed by atoms with Gasteiger partial charge in [0.05, 0.1) is 6.61 Å². The number of piperidine rings is 1. The van der Waals surface area contributed by atoms with Crippen molar-refractivity contribution in [1.29, 1.82) is 0 Å². The quantitative estimate of drug-likeness (QED) is 0.854. The first-order valence-corrected chi connectivity index (χ1v) is 6.44. The highest BCUT2D eigenvalue weighted by Gasteiger charge is 2.29. The Kier molecular flexibility index (Phi) is 3.67. The minimum Gasteiger partial charge on any atom is -0.392 e. The fraction of sp³-hybridized carbons (Fsp3) is 0.643. The van der Waals surface area contributed by atoms with Crippen LogP contribution in [-0.4, -0.2) is 22.7 Å². The molecule has 0 bridgehead atoms. The van der Waals surface area contributed by atoms with E-state index in [0.29, 0.717) is 17.9 Å². The summed E-state index contributed by atoms with van der Waals surface area (Å²) >= 11 is 0. The van der Waals surface area contributed by atoms with Gasteiger partial charge < -0.3 is 10.0 Å². The van der Waals surface area contributed by atoms with E-state index in [1.54, 1.807) is 6.20 Å². The minimum absolute atomic E-state index is 0.0862. The van der Waals surface area contributed by atoms with Crippen LogP contribution >= 0.6 is 0 Å². The average molecular weight is 234 g/mol. The fourth-order valence-corrected chi connectivity index (χ4v) is 2.73. The zero-order chi connectivity index (χ0) is 12.4. The molecule has 0 aliphatic carbocycles. The molecule has 2 rings (SSSR count). The van der Waals surface area contributed by atoms with E-state index in [0.717, 1.165) is 17.9 Å². The van der Waals surface area contributed by atoms with Crippen molar-refractivity contribution in [3.8, 4) is 0 Å². The molecule has 3 unspecified atom stereocenters. The Morgan fingerprint density at radius 1 is 1.41 bits per heavy atom. The summed E-state index contributed by atoms with van der Waals surface area (Å²) in [6.07, 6.45) is 3.08. The van der Waals surface area contributed by atoms with Crippen molar-refractivity contribution in [1.82, 2.24) is 4.98 Å². The van der Waals surface area contributed by atoms with E-state index in [-0.39, 0.29) is 6.61 Å². The fourth-order valence-electron chi connectivity index (χ4n) is 2.73. The van der Waals surface area contributed by atoms with Gasteiger partial charge in [0.25, 0.3) is 0 Å². The van der Waals surface area contributed by atoms with E-state index in [1.165, 1.54) is 6.42 Å². The maximum absolute atomic E-state index is 9.18. The number of hydrogen-bond donors (Lipinski definition) is 1. The van der Waals surface area contributed by atoms with Crippen molar-refractivity contribution >= 4 is 5.82 Å². The Balaban J connectivity index is 2.24. The largest absolute Gasteiger partial charge is 0.392 e. The molecule has 17 heavy (non-hydrogen) atoms. The number of anilines is 1. The molecule has 0 aromatic carbocycles. The van der Waals surface area contributed by atoms with Crippen LogP contribution in [0, 0.1) is 11.8 Å². The number of nitrogens with zero attached hydrogens (tertiary/aromatic N) is 2. The van der Waals surface area contributed by atoms with Crippen LogP contribution in [0.1, 0.15) is 32.8 Å². The molecule has 0 spiro atoms. The first kappa shape index (κ1) is 12.4. The van der Waals surface area contributed by atoms with Gasteiger partial charge in [0.15, 0.2) is 0 Å². The first-order chi connectivity index (χ1) is 8.11. The molecule has 3 atom stereocenters. The molecule has 3 nitrogen and oxygen atoms in total. The maximum atomic E-state index is 9.18. The maximum Gasteiger partial charge on any atom is 0.129 e. The molecule has 0 saturated carbocycles. The third kappa shape index (κ3) is 2.60. The summed E-state index contributed by atoms with van der Waals surface area (Å²) in [5.41, 5.74) is 0.938. The number of aromatic nitrogens is 1. The number of hydrogen-bond acceptors (Lipinski definition) is 3. The van der Waals surface area contributed by atoms with Gasteiger partial charge in [0.1, 0.15) is 5.82 Å². The van der Waals surface area contributed by atoms with Crippen molar-refractivity contribution in [2.24, 2.45) is 11.8 Å². The van der Waals surface area contributed by atoms with Crippen LogP contribution in [0.25, 0.3) is 0 Å². The summed E-state index contributed by atoms with van der Waals surface area (Å²) in [4.78, 5) is 6.82. The molecule has 1 aromatic heterocycles. The van der Waals surface area contributed by atoms with Gasteiger partial charge >= 0.3 is 0 Å². The smallest absolute Gasteiger partial charge is 0.129 e. The molecule has 94 valence electrons. The first-order valence-electron chi connectivity index (χ1n) is 6.44. The van der Waals surface area contributed by atoms with Crippen molar-refractivity contribution in [3.63, 3.8) is 0 Å². The van der Waals surface area contributed by atoms with Crippen molar-refractivity contribution in [3.05, 3.63) is 23.9 Å². The number of pyridine rings is 1. The third-order valence-electron chi connectivity index (χ3n) is 3.88. The highest BCUT2D eigenvalue weighted by molar-refractivity contribution is 5.42. The summed E-state index contributed by atoms with van der Waals surface area (Å²) in [5, 5.41) is 9.18. The van der Waals surface area contributed by atoms with Crippen LogP contribution in [0.5, 0.6) is 0 Å². The van der Waals surface area contributed by atoms with E-state index in [1.807, 2.05) is 12.1 Å². The molecule has 1 saturated heterocycles. The van der Waals surface area contributed by atoms with Crippen LogP contribution in [-0.2, 0) is 6.61 Å². The van der Waals surface area contributed by atoms with Crippen LogP contribution in [0.15, 0.2) is 18.3 Å². The number of aliphatic hydroxyl groups excluding tert-OH is 1. The highest BCUT2D eigenvalue weighted by Crippen LogP contribution is 2.30. The Hall–Kier alpha value is -1.09. The normalized spacial score (nSPS) is 29.4. The van der Waals surface area contributed by atoms with Gasteiger partial charge in [-0.05, 0) is 42.9 Å². The van der Waals surface area contributed by atoms with E-state index >= 15 is 0 Å². The minimum atomic E-state index is 0.0862. The van der Waals surface area contributed by atoms with E-state index in [4.69, 9.17) is 0 Å². The zero-order valence-electron chi connectivity index (χ0n) is 10.9. The molecule has 1 aliphatic heterocycles. The molecule has 1 N–H and O–H groups in total. The molecule has 0 amide bonds. The van der Waals surface area contributed by atoms with Gasteiger partial charge in [-0.2, -0.15) is 0 Å². The lowest BCUT2D eigenvalue weighted by molar-refractivity contribution is 0.280. The standard InChI is InChI=1S/C14H22N2O/c1-10-6-11(2)12(3)16(8-10)14-7-13(9-17)4-5-15-14/h4-5,7,10-12,17H,6,8-9H2,1-3H3. The predicted octanol–water partition coefficient (Wildman–Crippen LogP) is 2.44. The van der Waals surface area contributed by atoms with Crippen molar-refractivity contribution < 1.29 is 5.11 Å². The summed E-state index contributed by atoms with van der Waals surface area (Å²) in [7, 11) is 0.